The van der Waals surface area contributed by atoms with Crippen LogP contribution in [0.2, 0.25) is 0 Å². The molecule has 0 amide bonds. The normalized spacial score (nSPS) is 10.9. The van der Waals surface area contributed by atoms with Crippen LogP contribution in [0.25, 0.3) is 0 Å². The first-order chi connectivity index (χ1) is 9.89. The van der Waals surface area contributed by atoms with Gasteiger partial charge in [0.25, 0.3) is 0 Å². The zero-order valence-corrected chi connectivity index (χ0v) is 11.3. The van der Waals surface area contributed by atoms with Crippen molar-refractivity contribution in [1.29, 1.82) is 0 Å². The number of carbonyl (C=O) groups is 2. The van der Waals surface area contributed by atoms with Gasteiger partial charge in [0, 0.05) is 0 Å². The molecule has 0 N–H and O–H groups in total. The van der Waals surface area contributed by atoms with Crippen molar-refractivity contribution in [2.24, 2.45) is 0 Å². The molecular weight excluding hydrogens is 299 g/mol. The van der Waals surface area contributed by atoms with Crippen LogP contribution in [0.3, 0.4) is 0 Å². The van der Waals surface area contributed by atoms with Crippen molar-refractivity contribution in [3.05, 3.63) is 65.7 Å². The number of benzene rings is 2. The van der Waals surface area contributed by atoms with E-state index in [1.54, 1.807) is 18.2 Å². The summed E-state index contributed by atoms with van der Waals surface area (Å²) in [7, 11) is -5.09. The molecule has 2 aromatic rings. The highest BCUT2D eigenvalue weighted by atomic mass is 32.3. The Balaban J connectivity index is 2.28. The third-order valence-corrected chi connectivity index (χ3v) is 3.45. The molecule has 7 heteroatoms. The Bertz CT molecular complexity index is 784. The lowest BCUT2D eigenvalue weighted by atomic mass is 10.2. The Morgan fingerprint density at radius 2 is 1.43 bits per heavy atom. The summed E-state index contributed by atoms with van der Waals surface area (Å²) in [5.74, 6) is -2.19. The summed E-state index contributed by atoms with van der Waals surface area (Å²) in [6, 6.07) is 12.2. The Labute approximate surface area is 120 Å². The predicted molar refractivity (Wildman–Crippen MR) is 70.9 cm³/mol. The SMILES string of the molecule is O=C(OC(=O)c1ccccc1S(=O)(=O)F)c1ccccc1. The van der Waals surface area contributed by atoms with Gasteiger partial charge in [0.05, 0.1) is 11.1 Å². The van der Waals surface area contributed by atoms with Gasteiger partial charge in [0.1, 0.15) is 4.90 Å². The lowest BCUT2D eigenvalue weighted by Crippen LogP contribution is -2.15. The third-order valence-electron chi connectivity index (χ3n) is 2.56. The molecule has 0 aliphatic carbocycles. The van der Waals surface area contributed by atoms with Crippen LogP contribution >= 0.6 is 0 Å². The van der Waals surface area contributed by atoms with Gasteiger partial charge in [-0.25, -0.2) is 9.59 Å². The molecule has 0 saturated heterocycles. The Kier molecular flexibility index (Phi) is 4.13. The van der Waals surface area contributed by atoms with E-state index in [0.29, 0.717) is 0 Å². The van der Waals surface area contributed by atoms with Gasteiger partial charge in [-0.3, -0.25) is 0 Å². The number of esters is 2. The van der Waals surface area contributed by atoms with E-state index in [0.717, 1.165) is 12.1 Å². The van der Waals surface area contributed by atoms with Gasteiger partial charge in [-0.15, -0.1) is 3.89 Å². The van der Waals surface area contributed by atoms with Crippen LogP contribution in [0.5, 0.6) is 0 Å². The van der Waals surface area contributed by atoms with Crippen molar-refractivity contribution >= 4 is 22.2 Å². The molecule has 5 nitrogen and oxygen atoms in total. The van der Waals surface area contributed by atoms with Crippen molar-refractivity contribution in [3.8, 4) is 0 Å². The monoisotopic (exact) mass is 308 g/mol. The van der Waals surface area contributed by atoms with E-state index in [4.69, 9.17) is 0 Å². The number of ether oxygens (including phenoxy) is 1. The molecule has 0 atom stereocenters. The lowest BCUT2D eigenvalue weighted by molar-refractivity contribution is 0.0395. The molecule has 108 valence electrons. The molecule has 0 bridgehead atoms. The van der Waals surface area contributed by atoms with E-state index in [1.807, 2.05) is 0 Å². The average Bonchev–Trinajstić information content (AvgIpc) is 2.47. The third kappa shape index (κ3) is 3.51. The highest BCUT2D eigenvalue weighted by molar-refractivity contribution is 7.86. The fourth-order valence-electron chi connectivity index (χ4n) is 1.62. The van der Waals surface area contributed by atoms with Gasteiger partial charge in [0.2, 0.25) is 0 Å². The fraction of sp³-hybridized carbons (Fsp3) is 0. The van der Waals surface area contributed by atoms with Crippen LogP contribution in [0.15, 0.2) is 59.5 Å². The highest BCUT2D eigenvalue weighted by Crippen LogP contribution is 2.19. The van der Waals surface area contributed by atoms with E-state index in [-0.39, 0.29) is 5.56 Å². The second-order valence-electron chi connectivity index (χ2n) is 3.98. The quantitative estimate of drug-likeness (QED) is 0.494. The van der Waals surface area contributed by atoms with Crippen molar-refractivity contribution in [1.82, 2.24) is 0 Å². The van der Waals surface area contributed by atoms with Crippen molar-refractivity contribution in [2.75, 3.05) is 0 Å². The van der Waals surface area contributed by atoms with Crippen LogP contribution in [0.4, 0.5) is 3.89 Å². The summed E-state index contributed by atoms with van der Waals surface area (Å²) in [5, 5.41) is 0. The summed E-state index contributed by atoms with van der Waals surface area (Å²) in [6.07, 6.45) is 0. The summed E-state index contributed by atoms with van der Waals surface area (Å²) in [4.78, 5) is 22.7. The van der Waals surface area contributed by atoms with E-state index >= 15 is 0 Å². The second-order valence-corrected chi connectivity index (χ2v) is 5.29. The number of rotatable bonds is 3. The zero-order chi connectivity index (χ0) is 15.5. The Morgan fingerprint density at radius 3 is 2.05 bits per heavy atom. The smallest absolute Gasteiger partial charge is 0.347 e. The first-order valence-corrected chi connectivity index (χ1v) is 7.13. The fourth-order valence-corrected chi connectivity index (χ4v) is 2.28. The van der Waals surface area contributed by atoms with E-state index in [1.165, 1.54) is 24.3 Å². The molecule has 0 spiro atoms. The first kappa shape index (κ1) is 14.9. The minimum atomic E-state index is -5.09. The molecule has 0 aliphatic rings. The standard InChI is InChI=1S/C14H9FO5S/c15-21(18,19)12-9-5-4-8-11(12)14(17)20-13(16)10-6-2-1-3-7-10/h1-9H. The van der Waals surface area contributed by atoms with Crippen LogP contribution < -0.4 is 0 Å². The maximum atomic E-state index is 13.1. The maximum Gasteiger partial charge on any atom is 0.347 e. The number of halogens is 1. The largest absolute Gasteiger partial charge is 0.386 e. The molecule has 0 aliphatic heterocycles. The second kappa shape index (κ2) is 5.84. The minimum absolute atomic E-state index is 0.117. The number of hydrogen-bond acceptors (Lipinski definition) is 5. The van der Waals surface area contributed by atoms with Crippen LogP contribution in [0, 0.1) is 0 Å². The van der Waals surface area contributed by atoms with Crippen LogP contribution in [0.1, 0.15) is 20.7 Å². The molecule has 2 rings (SSSR count). The molecule has 2 aromatic carbocycles. The molecular formula is C14H9FO5S. The Morgan fingerprint density at radius 1 is 0.857 bits per heavy atom. The Hall–Kier alpha value is -2.54. The molecule has 0 heterocycles. The maximum absolute atomic E-state index is 13.1. The summed E-state index contributed by atoms with van der Waals surface area (Å²) >= 11 is 0. The predicted octanol–water partition coefficient (Wildman–Crippen LogP) is 2.34. The summed E-state index contributed by atoms with van der Waals surface area (Å²) in [5.41, 5.74) is -0.421. The van der Waals surface area contributed by atoms with Gasteiger partial charge in [-0.05, 0) is 24.3 Å². The van der Waals surface area contributed by atoms with E-state index in [9.17, 15) is 21.9 Å². The van der Waals surface area contributed by atoms with Crippen molar-refractivity contribution < 1.29 is 26.6 Å². The lowest BCUT2D eigenvalue weighted by Gasteiger charge is -2.05. The summed E-state index contributed by atoms with van der Waals surface area (Å²) < 4.78 is 39.5. The zero-order valence-electron chi connectivity index (χ0n) is 10.5. The van der Waals surface area contributed by atoms with E-state index in [2.05, 4.69) is 4.74 Å². The first-order valence-electron chi connectivity index (χ1n) is 5.75. The molecule has 0 unspecified atom stereocenters. The van der Waals surface area contributed by atoms with Crippen LogP contribution in [-0.4, -0.2) is 20.4 Å². The van der Waals surface area contributed by atoms with Gasteiger partial charge in [-0.2, -0.15) is 8.42 Å². The number of hydrogen-bond donors (Lipinski definition) is 0. The molecule has 0 radical (unpaired) electrons. The number of carbonyl (C=O) groups excluding carboxylic acids is 2. The molecule has 0 fully saturated rings. The van der Waals surface area contributed by atoms with Gasteiger partial charge in [0.15, 0.2) is 0 Å². The van der Waals surface area contributed by atoms with Crippen molar-refractivity contribution in [3.63, 3.8) is 0 Å². The molecule has 0 aromatic heterocycles. The van der Waals surface area contributed by atoms with Gasteiger partial charge >= 0.3 is 22.2 Å². The minimum Gasteiger partial charge on any atom is -0.386 e. The molecule has 0 saturated carbocycles. The van der Waals surface area contributed by atoms with E-state index < -0.39 is 32.6 Å². The average molecular weight is 308 g/mol. The topological polar surface area (TPSA) is 77.5 Å². The van der Waals surface area contributed by atoms with Crippen molar-refractivity contribution in [2.45, 2.75) is 4.90 Å². The van der Waals surface area contributed by atoms with Crippen LogP contribution in [-0.2, 0) is 15.0 Å². The summed E-state index contributed by atoms with van der Waals surface area (Å²) in [6.45, 7) is 0. The van der Waals surface area contributed by atoms with Gasteiger partial charge in [-0.1, -0.05) is 30.3 Å². The van der Waals surface area contributed by atoms with Gasteiger partial charge < -0.3 is 4.74 Å². The molecule has 21 heavy (non-hydrogen) atoms. The highest BCUT2D eigenvalue weighted by Gasteiger charge is 2.24.